The molecule has 108 valence electrons. The van der Waals surface area contributed by atoms with Crippen LogP contribution in [0.5, 0.6) is 0 Å². The minimum Gasteiger partial charge on any atom is -0.335 e. The highest BCUT2D eigenvalue weighted by atomic mass is 16.6. The molecule has 0 unspecified atom stereocenters. The zero-order chi connectivity index (χ0) is 14.5. The first-order chi connectivity index (χ1) is 9.56. The van der Waals surface area contributed by atoms with Gasteiger partial charge in [-0.15, -0.1) is 0 Å². The maximum absolute atomic E-state index is 11.9. The molecule has 0 heterocycles. The van der Waals surface area contributed by atoms with Gasteiger partial charge < -0.3 is 10.6 Å². The van der Waals surface area contributed by atoms with Gasteiger partial charge in [0.2, 0.25) is 0 Å². The van der Waals surface area contributed by atoms with Crippen LogP contribution in [-0.4, -0.2) is 17.0 Å². The molecule has 0 atom stereocenters. The van der Waals surface area contributed by atoms with Gasteiger partial charge in [0.1, 0.15) is 0 Å². The Morgan fingerprint density at radius 1 is 1.30 bits per heavy atom. The lowest BCUT2D eigenvalue weighted by atomic mass is 9.96. The van der Waals surface area contributed by atoms with Gasteiger partial charge in [0, 0.05) is 18.2 Å². The number of nitrogens with one attached hydrogen (secondary N) is 2. The number of anilines is 1. The molecular formula is C14H19N3O3. The van der Waals surface area contributed by atoms with E-state index in [1.807, 2.05) is 0 Å². The van der Waals surface area contributed by atoms with Crippen molar-refractivity contribution in [1.82, 2.24) is 5.32 Å². The van der Waals surface area contributed by atoms with Crippen molar-refractivity contribution in [2.75, 3.05) is 5.32 Å². The number of nitro benzene ring substituents is 1. The van der Waals surface area contributed by atoms with Crippen LogP contribution >= 0.6 is 0 Å². The van der Waals surface area contributed by atoms with Crippen LogP contribution in [0.25, 0.3) is 0 Å². The van der Waals surface area contributed by atoms with Crippen molar-refractivity contribution in [2.45, 2.75) is 45.1 Å². The fourth-order valence-corrected chi connectivity index (χ4v) is 2.45. The van der Waals surface area contributed by atoms with Crippen molar-refractivity contribution in [3.05, 3.63) is 33.9 Å². The lowest BCUT2D eigenvalue weighted by Gasteiger charge is -2.23. The molecule has 6 heteroatoms. The number of nitrogens with zero attached hydrogens (tertiary/aromatic N) is 1. The number of hydrogen-bond acceptors (Lipinski definition) is 3. The van der Waals surface area contributed by atoms with Gasteiger partial charge in [-0.3, -0.25) is 10.1 Å². The highest BCUT2D eigenvalue weighted by Gasteiger charge is 2.16. The van der Waals surface area contributed by atoms with Crippen molar-refractivity contribution < 1.29 is 9.72 Å². The zero-order valence-corrected chi connectivity index (χ0v) is 11.5. The van der Waals surface area contributed by atoms with Crippen molar-refractivity contribution in [3.63, 3.8) is 0 Å². The van der Waals surface area contributed by atoms with Gasteiger partial charge in [-0.1, -0.05) is 25.3 Å². The van der Waals surface area contributed by atoms with Crippen LogP contribution in [0.4, 0.5) is 16.2 Å². The summed E-state index contributed by atoms with van der Waals surface area (Å²) in [6, 6.07) is 4.37. The van der Waals surface area contributed by atoms with E-state index in [2.05, 4.69) is 10.6 Å². The molecule has 0 saturated heterocycles. The monoisotopic (exact) mass is 277 g/mol. The van der Waals surface area contributed by atoms with Crippen molar-refractivity contribution in [2.24, 2.45) is 0 Å². The number of benzene rings is 1. The smallest absolute Gasteiger partial charge is 0.319 e. The van der Waals surface area contributed by atoms with Crippen LogP contribution in [-0.2, 0) is 0 Å². The molecule has 0 aromatic heterocycles. The maximum atomic E-state index is 11.9. The summed E-state index contributed by atoms with van der Waals surface area (Å²) >= 11 is 0. The standard InChI is InChI=1S/C14H19N3O3/c1-10-7-8-12(17(19)20)9-13(10)16-14(18)15-11-5-3-2-4-6-11/h7-9,11H,2-6H2,1H3,(H2,15,16,18). The van der Waals surface area contributed by atoms with E-state index in [0.29, 0.717) is 5.69 Å². The Labute approximate surface area is 117 Å². The van der Waals surface area contributed by atoms with Crippen LogP contribution in [0.1, 0.15) is 37.7 Å². The highest BCUT2D eigenvalue weighted by molar-refractivity contribution is 5.90. The van der Waals surface area contributed by atoms with E-state index in [0.717, 1.165) is 31.2 Å². The average molecular weight is 277 g/mol. The summed E-state index contributed by atoms with van der Waals surface area (Å²) in [5, 5.41) is 16.4. The Morgan fingerprint density at radius 3 is 2.65 bits per heavy atom. The lowest BCUT2D eigenvalue weighted by Crippen LogP contribution is -2.39. The van der Waals surface area contributed by atoms with Crippen molar-refractivity contribution in [1.29, 1.82) is 0 Å². The van der Waals surface area contributed by atoms with E-state index >= 15 is 0 Å². The average Bonchev–Trinajstić information content (AvgIpc) is 2.42. The molecule has 0 spiro atoms. The summed E-state index contributed by atoms with van der Waals surface area (Å²) in [7, 11) is 0. The second-order valence-corrected chi connectivity index (χ2v) is 5.19. The number of amides is 2. The van der Waals surface area contributed by atoms with Crippen molar-refractivity contribution >= 4 is 17.4 Å². The molecule has 0 bridgehead atoms. The first kappa shape index (κ1) is 14.3. The third kappa shape index (κ3) is 3.69. The lowest BCUT2D eigenvalue weighted by molar-refractivity contribution is -0.384. The zero-order valence-electron chi connectivity index (χ0n) is 11.5. The van der Waals surface area contributed by atoms with Crippen LogP contribution < -0.4 is 10.6 Å². The highest BCUT2D eigenvalue weighted by Crippen LogP contribution is 2.22. The minimum absolute atomic E-state index is 0.0245. The molecule has 1 aromatic carbocycles. The molecule has 1 fully saturated rings. The summed E-state index contributed by atoms with van der Waals surface area (Å²) in [6.45, 7) is 1.81. The predicted molar refractivity (Wildman–Crippen MR) is 76.9 cm³/mol. The molecule has 0 radical (unpaired) electrons. The molecule has 6 nitrogen and oxygen atoms in total. The van der Waals surface area contributed by atoms with E-state index < -0.39 is 4.92 Å². The van der Waals surface area contributed by atoms with Crippen LogP contribution in [0, 0.1) is 17.0 Å². The predicted octanol–water partition coefficient (Wildman–Crippen LogP) is 3.36. The Balaban J connectivity index is 1.99. The van der Waals surface area contributed by atoms with Gasteiger partial charge >= 0.3 is 6.03 Å². The largest absolute Gasteiger partial charge is 0.335 e. The summed E-state index contributed by atoms with van der Waals surface area (Å²) in [5.74, 6) is 0. The number of nitro groups is 1. The summed E-state index contributed by atoms with van der Waals surface area (Å²) in [6.07, 6.45) is 5.51. The Kier molecular flexibility index (Phi) is 4.55. The van der Waals surface area contributed by atoms with E-state index in [4.69, 9.17) is 0 Å². The number of rotatable bonds is 3. The van der Waals surface area contributed by atoms with Gasteiger partial charge in [0.05, 0.1) is 10.6 Å². The molecule has 2 N–H and O–H groups in total. The molecule has 1 aliphatic rings. The van der Waals surface area contributed by atoms with Gasteiger partial charge in [-0.25, -0.2) is 4.79 Å². The Morgan fingerprint density at radius 2 is 2.00 bits per heavy atom. The van der Waals surface area contributed by atoms with E-state index in [1.54, 1.807) is 13.0 Å². The Hall–Kier alpha value is -2.11. The second-order valence-electron chi connectivity index (χ2n) is 5.19. The number of aryl methyl sites for hydroxylation is 1. The quantitative estimate of drug-likeness (QED) is 0.656. The molecule has 1 aromatic rings. The van der Waals surface area contributed by atoms with Crippen LogP contribution in [0.3, 0.4) is 0 Å². The van der Waals surface area contributed by atoms with Gasteiger partial charge in [0.25, 0.3) is 5.69 Å². The van der Waals surface area contributed by atoms with Crippen LogP contribution in [0.15, 0.2) is 18.2 Å². The molecule has 2 rings (SSSR count). The normalized spacial score (nSPS) is 15.7. The van der Waals surface area contributed by atoms with E-state index in [-0.39, 0.29) is 17.8 Å². The number of urea groups is 1. The fraction of sp³-hybridized carbons (Fsp3) is 0.500. The van der Waals surface area contributed by atoms with Gasteiger partial charge in [-0.2, -0.15) is 0 Å². The Bertz CT molecular complexity index is 510. The first-order valence-electron chi connectivity index (χ1n) is 6.89. The van der Waals surface area contributed by atoms with Crippen LogP contribution in [0.2, 0.25) is 0 Å². The van der Waals surface area contributed by atoms with Gasteiger partial charge in [-0.05, 0) is 25.3 Å². The SMILES string of the molecule is Cc1ccc([N+](=O)[O-])cc1NC(=O)NC1CCCCC1. The number of carbonyl (C=O) groups is 1. The second kappa shape index (κ2) is 6.36. The molecular weight excluding hydrogens is 258 g/mol. The molecule has 1 saturated carbocycles. The first-order valence-corrected chi connectivity index (χ1v) is 6.89. The topological polar surface area (TPSA) is 84.3 Å². The summed E-state index contributed by atoms with van der Waals surface area (Å²) in [4.78, 5) is 22.2. The number of carbonyl (C=O) groups excluding carboxylic acids is 1. The maximum Gasteiger partial charge on any atom is 0.319 e. The summed E-state index contributed by atoms with van der Waals surface area (Å²) in [5.41, 5.74) is 1.26. The molecule has 0 aliphatic heterocycles. The molecule has 1 aliphatic carbocycles. The third-order valence-corrected chi connectivity index (χ3v) is 3.62. The molecule has 20 heavy (non-hydrogen) atoms. The van der Waals surface area contributed by atoms with Crippen molar-refractivity contribution in [3.8, 4) is 0 Å². The van der Waals surface area contributed by atoms with E-state index in [1.165, 1.54) is 18.6 Å². The number of hydrogen-bond donors (Lipinski definition) is 2. The minimum atomic E-state index is -0.469. The van der Waals surface area contributed by atoms with E-state index in [9.17, 15) is 14.9 Å². The number of non-ortho nitro benzene ring substituents is 1. The molecule has 2 amide bonds. The fourth-order valence-electron chi connectivity index (χ4n) is 2.45. The van der Waals surface area contributed by atoms with Gasteiger partial charge in [0.15, 0.2) is 0 Å². The third-order valence-electron chi connectivity index (χ3n) is 3.62. The summed E-state index contributed by atoms with van der Waals surface area (Å²) < 4.78 is 0.